The number of carbonyl (C=O) groups is 1. The zero-order valence-electron chi connectivity index (χ0n) is 14.7. The standard InChI is InChI=1S/C21H25NO3/c1-2-14-25-19-10-8-18(9-11-19)21(23)20(17-6-4-3-5-7-17)22-12-15-24-16-13-22/h3-11,20H,2,12-16H2,1H3/t20-/m0/s1. The van der Waals surface area contributed by atoms with Gasteiger partial charge < -0.3 is 9.47 Å². The molecule has 1 aliphatic heterocycles. The van der Waals surface area contributed by atoms with Crippen LogP contribution in [0.15, 0.2) is 54.6 Å². The van der Waals surface area contributed by atoms with E-state index in [0.29, 0.717) is 25.4 Å². The molecular formula is C21H25NO3. The molecule has 3 rings (SSSR count). The van der Waals surface area contributed by atoms with Crippen LogP contribution in [0.25, 0.3) is 0 Å². The predicted octanol–water partition coefficient (Wildman–Crippen LogP) is 3.73. The van der Waals surface area contributed by atoms with Crippen LogP contribution in [0.5, 0.6) is 5.75 Å². The number of hydrogen-bond acceptors (Lipinski definition) is 4. The first-order valence-electron chi connectivity index (χ1n) is 8.93. The highest BCUT2D eigenvalue weighted by Gasteiger charge is 2.29. The molecule has 2 aromatic carbocycles. The van der Waals surface area contributed by atoms with E-state index in [1.165, 1.54) is 0 Å². The van der Waals surface area contributed by atoms with E-state index < -0.39 is 0 Å². The number of ether oxygens (including phenoxy) is 2. The highest BCUT2D eigenvalue weighted by Crippen LogP contribution is 2.27. The number of carbonyl (C=O) groups excluding carboxylic acids is 1. The Hall–Kier alpha value is -2.17. The Bertz CT molecular complexity index is 663. The first-order chi connectivity index (χ1) is 12.3. The monoisotopic (exact) mass is 339 g/mol. The molecule has 1 fully saturated rings. The van der Waals surface area contributed by atoms with Gasteiger partial charge in [0, 0.05) is 18.7 Å². The third-order valence-electron chi connectivity index (χ3n) is 4.39. The van der Waals surface area contributed by atoms with Gasteiger partial charge in [-0.25, -0.2) is 0 Å². The molecular weight excluding hydrogens is 314 g/mol. The van der Waals surface area contributed by atoms with E-state index in [1.807, 2.05) is 54.6 Å². The fourth-order valence-electron chi connectivity index (χ4n) is 3.09. The minimum Gasteiger partial charge on any atom is -0.494 e. The van der Waals surface area contributed by atoms with Gasteiger partial charge in [0.15, 0.2) is 5.78 Å². The summed E-state index contributed by atoms with van der Waals surface area (Å²) in [6, 6.07) is 17.2. The van der Waals surface area contributed by atoms with Crippen molar-refractivity contribution in [3.63, 3.8) is 0 Å². The summed E-state index contributed by atoms with van der Waals surface area (Å²) in [5.41, 5.74) is 1.74. The van der Waals surface area contributed by atoms with E-state index in [2.05, 4.69) is 11.8 Å². The molecule has 0 amide bonds. The Kier molecular flexibility index (Phi) is 6.20. The van der Waals surface area contributed by atoms with Crippen LogP contribution < -0.4 is 4.74 Å². The SMILES string of the molecule is CCCOc1ccc(C(=O)[C@H](c2ccccc2)N2CCOCC2)cc1. The molecule has 25 heavy (non-hydrogen) atoms. The van der Waals surface area contributed by atoms with Crippen LogP contribution in [-0.2, 0) is 4.74 Å². The van der Waals surface area contributed by atoms with Crippen molar-refractivity contribution in [2.45, 2.75) is 19.4 Å². The lowest BCUT2D eigenvalue weighted by molar-refractivity contribution is 0.0172. The molecule has 0 N–H and O–H groups in total. The van der Waals surface area contributed by atoms with E-state index >= 15 is 0 Å². The van der Waals surface area contributed by atoms with Gasteiger partial charge in [-0.2, -0.15) is 0 Å². The second-order valence-electron chi connectivity index (χ2n) is 6.20. The molecule has 0 bridgehead atoms. The summed E-state index contributed by atoms with van der Waals surface area (Å²) in [4.78, 5) is 15.5. The molecule has 4 nitrogen and oxygen atoms in total. The van der Waals surface area contributed by atoms with Crippen LogP contribution in [0.4, 0.5) is 0 Å². The second kappa shape index (κ2) is 8.79. The van der Waals surface area contributed by atoms with Gasteiger partial charge in [0.05, 0.1) is 25.9 Å². The number of ketones is 1. The second-order valence-corrected chi connectivity index (χ2v) is 6.20. The van der Waals surface area contributed by atoms with Crippen molar-refractivity contribution in [3.8, 4) is 5.75 Å². The van der Waals surface area contributed by atoms with E-state index in [1.54, 1.807) is 0 Å². The van der Waals surface area contributed by atoms with Crippen molar-refractivity contribution in [1.29, 1.82) is 0 Å². The summed E-state index contributed by atoms with van der Waals surface area (Å²) in [6.45, 7) is 5.63. The molecule has 0 radical (unpaired) electrons. The summed E-state index contributed by atoms with van der Waals surface area (Å²) < 4.78 is 11.1. The number of morpholine rings is 1. The maximum Gasteiger partial charge on any atom is 0.184 e. The molecule has 0 aromatic heterocycles. The lowest BCUT2D eigenvalue weighted by Gasteiger charge is -2.33. The lowest BCUT2D eigenvalue weighted by atomic mass is 9.95. The first kappa shape index (κ1) is 17.6. The Morgan fingerprint density at radius 1 is 1.08 bits per heavy atom. The summed E-state index contributed by atoms with van der Waals surface area (Å²) in [5.74, 6) is 0.927. The van der Waals surface area contributed by atoms with Crippen molar-refractivity contribution in [1.82, 2.24) is 4.90 Å². The predicted molar refractivity (Wildman–Crippen MR) is 98.1 cm³/mol. The van der Waals surface area contributed by atoms with Gasteiger partial charge in [-0.05, 0) is 36.2 Å². The molecule has 2 aromatic rings. The summed E-state index contributed by atoms with van der Waals surface area (Å²) >= 11 is 0. The van der Waals surface area contributed by atoms with Crippen molar-refractivity contribution < 1.29 is 14.3 Å². The molecule has 1 atom stereocenters. The highest BCUT2D eigenvalue weighted by molar-refractivity contribution is 6.00. The van der Waals surface area contributed by atoms with Crippen molar-refractivity contribution in [3.05, 3.63) is 65.7 Å². The lowest BCUT2D eigenvalue weighted by Crippen LogP contribution is -2.42. The molecule has 4 heteroatoms. The molecule has 1 saturated heterocycles. The molecule has 0 saturated carbocycles. The van der Waals surface area contributed by atoms with Crippen LogP contribution in [0.3, 0.4) is 0 Å². The van der Waals surface area contributed by atoms with Gasteiger partial charge in [0.2, 0.25) is 0 Å². The van der Waals surface area contributed by atoms with Crippen molar-refractivity contribution >= 4 is 5.78 Å². The molecule has 0 spiro atoms. The highest BCUT2D eigenvalue weighted by atomic mass is 16.5. The summed E-state index contributed by atoms with van der Waals surface area (Å²) in [7, 11) is 0. The minimum atomic E-state index is -0.271. The van der Waals surface area contributed by atoms with Crippen LogP contribution in [0.2, 0.25) is 0 Å². The fraction of sp³-hybridized carbons (Fsp3) is 0.381. The normalized spacial score (nSPS) is 16.4. The summed E-state index contributed by atoms with van der Waals surface area (Å²) in [5, 5.41) is 0. The topological polar surface area (TPSA) is 38.8 Å². The van der Waals surface area contributed by atoms with E-state index in [-0.39, 0.29) is 11.8 Å². The number of rotatable bonds is 7. The fourth-order valence-corrected chi connectivity index (χ4v) is 3.09. The number of hydrogen-bond donors (Lipinski definition) is 0. The molecule has 0 aliphatic carbocycles. The minimum absolute atomic E-state index is 0.121. The van der Waals surface area contributed by atoms with Crippen LogP contribution in [0.1, 0.15) is 35.3 Å². The zero-order chi connectivity index (χ0) is 17.5. The molecule has 0 unspecified atom stereocenters. The van der Waals surface area contributed by atoms with Gasteiger partial charge in [-0.3, -0.25) is 9.69 Å². The third-order valence-corrected chi connectivity index (χ3v) is 4.39. The molecule has 1 aliphatic rings. The Balaban J connectivity index is 1.83. The Morgan fingerprint density at radius 3 is 2.40 bits per heavy atom. The maximum atomic E-state index is 13.2. The summed E-state index contributed by atoms with van der Waals surface area (Å²) in [6.07, 6.45) is 0.966. The Morgan fingerprint density at radius 2 is 1.76 bits per heavy atom. The van der Waals surface area contributed by atoms with Crippen molar-refractivity contribution in [2.24, 2.45) is 0 Å². The van der Waals surface area contributed by atoms with Crippen molar-refractivity contribution in [2.75, 3.05) is 32.9 Å². The number of benzene rings is 2. The van der Waals surface area contributed by atoms with Gasteiger partial charge in [0.1, 0.15) is 5.75 Å². The smallest absolute Gasteiger partial charge is 0.184 e. The largest absolute Gasteiger partial charge is 0.494 e. The van der Waals surface area contributed by atoms with Crippen LogP contribution >= 0.6 is 0 Å². The first-order valence-corrected chi connectivity index (χ1v) is 8.93. The van der Waals surface area contributed by atoms with Gasteiger partial charge >= 0.3 is 0 Å². The molecule has 132 valence electrons. The molecule has 1 heterocycles. The Labute approximate surface area is 149 Å². The third kappa shape index (κ3) is 4.47. The average molecular weight is 339 g/mol. The van der Waals surface area contributed by atoms with E-state index in [9.17, 15) is 4.79 Å². The zero-order valence-corrected chi connectivity index (χ0v) is 14.7. The van der Waals surface area contributed by atoms with E-state index in [4.69, 9.17) is 9.47 Å². The van der Waals surface area contributed by atoms with E-state index in [0.717, 1.165) is 30.8 Å². The van der Waals surface area contributed by atoms with Gasteiger partial charge in [-0.15, -0.1) is 0 Å². The number of nitrogens with zero attached hydrogens (tertiary/aromatic N) is 1. The quantitative estimate of drug-likeness (QED) is 0.721. The van der Waals surface area contributed by atoms with Gasteiger partial charge in [-0.1, -0.05) is 37.3 Å². The van der Waals surface area contributed by atoms with Crippen LogP contribution in [-0.4, -0.2) is 43.6 Å². The van der Waals surface area contributed by atoms with Crippen LogP contribution in [0, 0.1) is 0 Å². The maximum absolute atomic E-state index is 13.2. The average Bonchev–Trinajstić information content (AvgIpc) is 2.68. The van der Waals surface area contributed by atoms with Gasteiger partial charge in [0.25, 0.3) is 0 Å². The number of Topliss-reactive ketones (excluding diaryl/α,β-unsaturated/α-hetero) is 1.